The Morgan fingerprint density at radius 1 is 1.06 bits per heavy atom. The monoisotopic (exact) mass is 257 g/mol. The van der Waals surface area contributed by atoms with E-state index < -0.39 is 11.7 Å². The van der Waals surface area contributed by atoms with Crippen molar-refractivity contribution >= 4 is 0 Å². The number of hydrogen-bond donors (Lipinski definition) is 1. The van der Waals surface area contributed by atoms with Gasteiger partial charge in [0.1, 0.15) is 0 Å². The molecule has 1 aliphatic rings. The molecule has 1 saturated carbocycles. The van der Waals surface area contributed by atoms with Crippen LogP contribution in [0.3, 0.4) is 0 Å². The number of rotatable bonds is 2. The molecule has 0 spiro atoms. The Morgan fingerprint density at radius 3 is 2.22 bits per heavy atom. The first-order valence-corrected chi connectivity index (χ1v) is 6.38. The van der Waals surface area contributed by atoms with Crippen molar-refractivity contribution in [3.05, 3.63) is 35.4 Å². The molecule has 2 N–H and O–H groups in total. The van der Waals surface area contributed by atoms with E-state index in [0.717, 1.165) is 37.0 Å². The van der Waals surface area contributed by atoms with Crippen LogP contribution in [-0.4, -0.2) is 6.04 Å². The van der Waals surface area contributed by atoms with Gasteiger partial charge in [0.15, 0.2) is 0 Å². The van der Waals surface area contributed by atoms with Crippen LogP contribution < -0.4 is 5.73 Å². The maximum Gasteiger partial charge on any atom is 0.416 e. The summed E-state index contributed by atoms with van der Waals surface area (Å²) in [4.78, 5) is 0. The van der Waals surface area contributed by atoms with E-state index in [4.69, 9.17) is 5.73 Å². The minimum Gasteiger partial charge on any atom is -0.327 e. The predicted octanol–water partition coefficient (Wildman–Crippen LogP) is 3.77. The summed E-state index contributed by atoms with van der Waals surface area (Å²) in [6, 6.07) is 5.66. The molecule has 0 saturated heterocycles. The maximum atomic E-state index is 12.4. The molecule has 4 heteroatoms. The van der Waals surface area contributed by atoms with Crippen LogP contribution in [0, 0.1) is 5.92 Å². The molecule has 0 aromatic heterocycles. The first kappa shape index (κ1) is 13.4. The van der Waals surface area contributed by atoms with Gasteiger partial charge in [-0.05, 0) is 42.9 Å². The third-order valence-electron chi connectivity index (χ3n) is 3.75. The molecule has 2 unspecified atom stereocenters. The second-order valence-corrected chi connectivity index (χ2v) is 5.11. The van der Waals surface area contributed by atoms with Crippen LogP contribution in [0.15, 0.2) is 24.3 Å². The first-order chi connectivity index (χ1) is 8.47. The lowest BCUT2D eigenvalue weighted by atomic mass is 9.81. The van der Waals surface area contributed by atoms with Crippen LogP contribution in [0.5, 0.6) is 0 Å². The van der Waals surface area contributed by atoms with Gasteiger partial charge in [0.05, 0.1) is 5.56 Å². The van der Waals surface area contributed by atoms with Gasteiger partial charge in [0, 0.05) is 6.04 Å². The van der Waals surface area contributed by atoms with Gasteiger partial charge < -0.3 is 5.73 Å². The standard InChI is InChI=1S/C14H18F3N/c15-14(16,17)12-7-5-10(6-8-12)9-11-3-1-2-4-13(11)18/h5-8,11,13H,1-4,9,18H2. The normalized spacial score (nSPS) is 25.1. The minimum atomic E-state index is -4.25. The van der Waals surface area contributed by atoms with E-state index in [0.29, 0.717) is 5.92 Å². The highest BCUT2D eigenvalue weighted by Crippen LogP contribution is 2.30. The number of nitrogens with two attached hydrogens (primary N) is 1. The highest BCUT2D eigenvalue weighted by Gasteiger charge is 2.30. The van der Waals surface area contributed by atoms with E-state index in [2.05, 4.69) is 0 Å². The van der Waals surface area contributed by atoms with E-state index >= 15 is 0 Å². The molecule has 0 bridgehead atoms. The highest BCUT2D eigenvalue weighted by molar-refractivity contribution is 5.25. The number of hydrogen-bond acceptors (Lipinski definition) is 1. The van der Waals surface area contributed by atoms with Gasteiger partial charge in [0.25, 0.3) is 0 Å². The fourth-order valence-corrected chi connectivity index (χ4v) is 2.62. The van der Waals surface area contributed by atoms with Gasteiger partial charge in [-0.1, -0.05) is 25.0 Å². The van der Waals surface area contributed by atoms with Crippen molar-refractivity contribution in [2.75, 3.05) is 0 Å². The Morgan fingerprint density at radius 2 is 1.67 bits per heavy atom. The molecule has 1 nitrogen and oxygen atoms in total. The summed E-state index contributed by atoms with van der Waals surface area (Å²) >= 11 is 0. The van der Waals surface area contributed by atoms with E-state index in [1.807, 2.05) is 0 Å². The Hall–Kier alpha value is -1.03. The Kier molecular flexibility index (Phi) is 3.95. The fourth-order valence-electron chi connectivity index (χ4n) is 2.62. The van der Waals surface area contributed by atoms with Crippen molar-refractivity contribution in [2.45, 2.75) is 44.3 Å². The summed E-state index contributed by atoms with van der Waals surface area (Å²) in [6.07, 6.45) is 1.01. The fraction of sp³-hybridized carbons (Fsp3) is 0.571. The smallest absolute Gasteiger partial charge is 0.327 e. The minimum absolute atomic E-state index is 0.195. The van der Waals surface area contributed by atoms with E-state index in [-0.39, 0.29) is 6.04 Å². The van der Waals surface area contributed by atoms with Crippen LogP contribution in [0.4, 0.5) is 13.2 Å². The molecular formula is C14H18F3N. The van der Waals surface area contributed by atoms with Gasteiger partial charge in [-0.2, -0.15) is 13.2 Å². The largest absolute Gasteiger partial charge is 0.416 e. The van der Waals surface area contributed by atoms with Gasteiger partial charge in [-0.15, -0.1) is 0 Å². The molecule has 18 heavy (non-hydrogen) atoms. The topological polar surface area (TPSA) is 26.0 Å². The van der Waals surface area contributed by atoms with Crippen LogP contribution in [0.25, 0.3) is 0 Å². The molecule has 2 rings (SSSR count). The van der Waals surface area contributed by atoms with Crippen molar-refractivity contribution < 1.29 is 13.2 Å². The van der Waals surface area contributed by atoms with Crippen molar-refractivity contribution in [3.8, 4) is 0 Å². The average Bonchev–Trinajstić information content (AvgIpc) is 2.32. The van der Waals surface area contributed by atoms with Gasteiger partial charge in [-0.25, -0.2) is 0 Å². The molecule has 1 aromatic carbocycles. The zero-order valence-corrected chi connectivity index (χ0v) is 10.2. The van der Waals surface area contributed by atoms with Crippen LogP contribution in [0.2, 0.25) is 0 Å². The molecule has 0 heterocycles. The molecule has 0 radical (unpaired) electrons. The van der Waals surface area contributed by atoms with Crippen molar-refractivity contribution in [1.82, 2.24) is 0 Å². The van der Waals surface area contributed by atoms with Gasteiger partial charge in [0.2, 0.25) is 0 Å². The highest BCUT2D eigenvalue weighted by atomic mass is 19.4. The summed E-state index contributed by atoms with van der Waals surface area (Å²) < 4.78 is 37.3. The molecule has 100 valence electrons. The third kappa shape index (κ3) is 3.25. The number of alkyl halides is 3. The Bertz CT molecular complexity index is 383. The first-order valence-electron chi connectivity index (χ1n) is 6.38. The zero-order chi connectivity index (χ0) is 13.2. The summed E-state index contributed by atoms with van der Waals surface area (Å²) in [6.45, 7) is 0. The number of benzene rings is 1. The average molecular weight is 257 g/mol. The predicted molar refractivity (Wildman–Crippen MR) is 65.1 cm³/mol. The van der Waals surface area contributed by atoms with E-state index in [1.54, 1.807) is 12.1 Å². The van der Waals surface area contributed by atoms with Crippen LogP contribution in [0.1, 0.15) is 36.8 Å². The molecular weight excluding hydrogens is 239 g/mol. The van der Waals surface area contributed by atoms with E-state index in [9.17, 15) is 13.2 Å². The maximum absolute atomic E-state index is 12.4. The summed E-state index contributed by atoms with van der Waals surface area (Å²) in [5.74, 6) is 0.412. The summed E-state index contributed by atoms with van der Waals surface area (Å²) in [5, 5.41) is 0. The summed E-state index contributed by atoms with van der Waals surface area (Å²) in [5.41, 5.74) is 6.41. The quantitative estimate of drug-likeness (QED) is 0.857. The van der Waals surface area contributed by atoms with Crippen molar-refractivity contribution in [2.24, 2.45) is 11.7 Å². The lowest BCUT2D eigenvalue weighted by Gasteiger charge is -2.28. The molecule has 0 amide bonds. The van der Waals surface area contributed by atoms with Crippen molar-refractivity contribution in [1.29, 1.82) is 0 Å². The number of halogens is 3. The third-order valence-corrected chi connectivity index (χ3v) is 3.75. The molecule has 1 fully saturated rings. The van der Waals surface area contributed by atoms with Gasteiger partial charge >= 0.3 is 6.18 Å². The van der Waals surface area contributed by atoms with Crippen molar-refractivity contribution in [3.63, 3.8) is 0 Å². The molecule has 1 aliphatic carbocycles. The van der Waals surface area contributed by atoms with E-state index in [1.165, 1.54) is 12.8 Å². The van der Waals surface area contributed by atoms with Gasteiger partial charge in [-0.3, -0.25) is 0 Å². The second-order valence-electron chi connectivity index (χ2n) is 5.11. The molecule has 1 aromatic rings. The lowest BCUT2D eigenvalue weighted by molar-refractivity contribution is -0.137. The van der Waals surface area contributed by atoms with Crippen LogP contribution >= 0.6 is 0 Å². The SMILES string of the molecule is NC1CCCCC1Cc1ccc(C(F)(F)F)cc1. The Balaban J connectivity index is 2.02. The Labute approximate surface area is 105 Å². The van der Waals surface area contributed by atoms with Crippen LogP contribution in [-0.2, 0) is 12.6 Å². The second kappa shape index (κ2) is 5.31. The molecule has 0 aliphatic heterocycles. The lowest BCUT2D eigenvalue weighted by Crippen LogP contribution is -2.34. The molecule has 2 atom stereocenters. The zero-order valence-electron chi connectivity index (χ0n) is 10.2. The summed E-state index contributed by atoms with van der Waals surface area (Å²) in [7, 11) is 0.